The number of pyridine rings is 1. The highest BCUT2D eigenvalue weighted by Crippen LogP contribution is 2.49. The number of halogens is 1. The number of amides is 4. The maximum absolute atomic E-state index is 14.8. The lowest BCUT2D eigenvalue weighted by atomic mass is 10.1. The number of hydrogen-bond donors (Lipinski definition) is 3. The van der Waals surface area contributed by atoms with Gasteiger partial charge in [0, 0.05) is 28.5 Å². The third-order valence-electron chi connectivity index (χ3n) is 9.80. The smallest absolute Gasteiger partial charge is 0.408 e. The Labute approximate surface area is 327 Å². The van der Waals surface area contributed by atoms with Gasteiger partial charge in [0.2, 0.25) is 17.7 Å². The van der Waals surface area contributed by atoms with Crippen molar-refractivity contribution in [3.05, 3.63) is 36.2 Å². The predicted octanol–water partition coefficient (Wildman–Crippen LogP) is 6.37. The first-order valence-corrected chi connectivity index (χ1v) is 20.0. The minimum Gasteiger partial charge on any atom is -0.491 e. The molecule has 1 aromatic carbocycles. The van der Waals surface area contributed by atoms with E-state index in [2.05, 4.69) is 40.3 Å². The van der Waals surface area contributed by atoms with Crippen LogP contribution in [0.25, 0.3) is 10.9 Å². The van der Waals surface area contributed by atoms with Crippen molar-refractivity contribution in [1.29, 1.82) is 0 Å². The molecule has 13 nitrogen and oxygen atoms in total. The molecule has 55 heavy (non-hydrogen) atoms. The Balaban J connectivity index is 1.41. The average molecular weight is 786 g/mol. The molecule has 1 aromatic heterocycles. The fourth-order valence-corrected chi connectivity index (χ4v) is 7.36. The van der Waals surface area contributed by atoms with Crippen LogP contribution in [0.3, 0.4) is 0 Å². The Kier molecular flexibility index (Phi) is 13.1. The molecular weight excluding hydrogens is 730 g/mol. The van der Waals surface area contributed by atoms with Gasteiger partial charge in [-0.1, -0.05) is 31.9 Å². The van der Waals surface area contributed by atoms with Crippen molar-refractivity contribution in [1.82, 2.24) is 25.2 Å². The van der Waals surface area contributed by atoms with E-state index >= 15 is 0 Å². The molecule has 2 aliphatic carbocycles. The molecule has 2 unspecified atom stereocenters. The fraction of sp³-hybridized carbons (Fsp3) is 0.625. The average Bonchev–Trinajstić information content (AvgIpc) is 3.97. The molecule has 2 aromatic rings. The van der Waals surface area contributed by atoms with Gasteiger partial charge in [0.1, 0.15) is 41.1 Å². The number of likely N-dealkylation sites (tertiary alicyclic amines) is 1. The van der Waals surface area contributed by atoms with Crippen molar-refractivity contribution in [2.24, 2.45) is 5.92 Å². The molecule has 2 heterocycles. The first-order chi connectivity index (χ1) is 26.0. The number of carbonyl (C=O) groups excluding carboxylic acids is 4. The summed E-state index contributed by atoms with van der Waals surface area (Å²) in [4.78, 5) is 60.3. The molecule has 3 aliphatic rings. The zero-order valence-corrected chi connectivity index (χ0v) is 34.0. The van der Waals surface area contributed by atoms with E-state index < -0.39 is 53.6 Å². The summed E-state index contributed by atoms with van der Waals surface area (Å²) in [6.45, 7) is 12.6. The SMILES string of the molecule is CCCCC/C=C\C1C[C@]1(NC(=O)C1C[C@@H](Oc2cc(OC(C)C)nc3c(OC)c(F)ccc23)CN1C(=O)CNC(=O)OC(C)(C)C)C(=O)NSC1(C)CC1. The highest BCUT2D eigenvalue weighted by atomic mass is 32.2. The third-order valence-corrected chi connectivity index (χ3v) is 11.0. The largest absolute Gasteiger partial charge is 0.491 e. The maximum atomic E-state index is 14.8. The van der Waals surface area contributed by atoms with Gasteiger partial charge < -0.3 is 34.5 Å². The minimum absolute atomic E-state index is 0.0192. The lowest BCUT2D eigenvalue weighted by Crippen LogP contribution is -2.55. The Morgan fingerprint density at radius 3 is 2.56 bits per heavy atom. The summed E-state index contributed by atoms with van der Waals surface area (Å²) in [5.74, 6) is -1.76. The lowest BCUT2D eigenvalue weighted by Gasteiger charge is -2.27. The summed E-state index contributed by atoms with van der Waals surface area (Å²) in [6.07, 6.45) is 8.93. The quantitative estimate of drug-likeness (QED) is 0.0936. The topological polar surface area (TPSA) is 157 Å². The number of allylic oxidation sites excluding steroid dienone is 1. The van der Waals surface area contributed by atoms with E-state index in [1.165, 1.54) is 36.1 Å². The van der Waals surface area contributed by atoms with Gasteiger partial charge >= 0.3 is 6.09 Å². The van der Waals surface area contributed by atoms with Gasteiger partial charge in [-0.3, -0.25) is 19.1 Å². The van der Waals surface area contributed by atoms with E-state index in [0.717, 1.165) is 38.5 Å². The number of aromatic nitrogens is 1. The lowest BCUT2D eigenvalue weighted by molar-refractivity contribution is -0.139. The summed E-state index contributed by atoms with van der Waals surface area (Å²) >= 11 is 1.39. The molecule has 5 rings (SSSR count). The molecule has 0 spiro atoms. The molecule has 4 atom stereocenters. The van der Waals surface area contributed by atoms with Gasteiger partial charge in [-0.2, -0.15) is 0 Å². The summed E-state index contributed by atoms with van der Waals surface area (Å²) in [5.41, 5.74) is -1.77. The van der Waals surface area contributed by atoms with Crippen LogP contribution < -0.4 is 29.6 Å². The van der Waals surface area contributed by atoms with E-state index in [9.17, 15) is 23.6 Å². The van der Waals surface area contributed by atoms with Crippen molar-refractivity contribution in [2.45, 2.75) is 134 Å². The number of nitrogens with zero attached hydrogens (tertiary/aromatic N) is 2. The second kappa shape index (κ2) is 17.3. The first-order valence-electron chi connectivity index (χ1n) is 19.2. The van der Waals surface area contributed by atoms with Crippen LogP contribution in [0.1, 0.15) is 99.8 Å². The van der Waals surface area contributed by atoms with Crippen molar-refractivity contribution in [3.8, 4) is 17.4 Å². The van der Waals surface area contributed by atoms with Gasteiger partial charge in [-0.05, 0) is 97.7 Å². The predicted molar refractivity (Wildman–Crippen MR) is 208 cm³/mol. The molecule has 3 fully saturated rings. The van der Waals surface area contributed by atoms with Crippen LogP contribution in [0.15, 0.2) is 30.4 Å². The van der Waals surface area contributed by atoms with Crippen molar-refractivity contribution < 1.29 is 42.5 Å². The molecular formula is C40H56FN5O8S. The Hall–Kier alpha value is -4.27. The number of hydrogen-bond acceptors (Lipinski definition) is 10. The van der Waals surface area contributed by atoms with Crippen LogP contribution in [0.2, 0.25) is 0 Å². The zero-order valence-electron chi connectivity index (χ0n) is 33.2. The number of unbranched alkanes of at least 4 members (excludes halogenated alkanes) is 3. The standard InChI is InChI=1S/C40H56FN5O8S/c1-9-10-11-12-13-14-25-21-40(25,36(49)45-55-39(7)17-18-39)44-35(48)29-19-26(23-46(29)32(47)22-42-37(50)54-38(4,5)6)53-30-20-31(52-24(2)3)43-33-27(30)15-16-28(41)34(33)51-8/h13-16,20,24-26,29H,9-12,17-19,21-23H2,1-8H3,(H,42,50)(H,44,48)(H,45,49)/b14-13-/t25?,26-,29?,40-/m1/s1. The number of alkyl carbamates (subject to hydrolysis) is 1. The normalized spacial score (nSPS) is 22.7. The fourth-order valence-electron chi connectivity index (χ4n) is 6.53. The molecule has 0 radical (unpaired) electrons. The maximum Gasteiger partial charge on any atom is 0.408 e. The van der Waals surface area contributed by atoms with E-state index in [1.54, 1.807) is 26.8 Å². The van der Waals surface area contributed by atoms with Gasteiger partial charge in [0.15, 0.2) is 11.6 Å². The van der Waals surface area contributed by atoms with Gasteiger partial charge in [-0.25, -0.2) is 14.2 Å². The molecule has 3 N–H and O–H groups in total. The highest BCUT2D eigenvalue weighted by molar-refractivity contribution is 7.99. The number of rotatable bonds is 17. The molecule has 4 amide bonds. The van der Waals surface area contributed by atoms with Gasteiger partial charge in [-0.15, -0.1) is 0 Å². The Morgan fingerprint density at radius 2 is 1.91 bits per heavy atom. The van der Waals surface area contributed by atoms with E-state index in [1.807, 2.05) is 19.9 Å². The van der Waals surface area contributed by atoms with Crippen LogP contribution in [-0.4, -0.2) is 88.0 Å². The van der Waals surface area contributed by atoms with Gasteiger partial charge in [0.05, 0.1) is 19.8 Å². The first kappa shape index (κ1) is 41.9. The Morgan fingerprint density at radius 1 is 1.16 bits per heavy atom. The summed E-state index contributed by atoms with van der Waals surface area (Å²) in [6, 6.07) is 3.31. The van der Waals surface area contributed by atoms with Crippen LogP contribution >= 0.6 is 11.9 Å². The van der Waals surface area contributed by atoms with E-state index in [4.69, 9.17) is 18.9 Å². The minimum atomic E-state index is -1.18. The molecule has 1 aliphatic heterocycles. The van der Waals surface area contributed by atoms with Crippen LogP contribution in [0, 0.1) is 11.7 Å². The zero-order chi connectivity index (χ0) is 40.1. The van der Waals surface area contributed by atoms with Crippen molar-refractivity contribution in [3.63, 3.8) is 0 Å². The van der Waals surface area contributed by atoms with Crippen LogP contribution in [-0.2, 0) is 19.1 Å². The number of benzene rings is 1. The van der Waals surface area contributed by atoms with E-state index in [-0.39, 0.29) is 52.8 Å². The number of ether oxygens (including phenoxy) is 4. The molecule has 0 bridgehead atoms. The second-order valence-corrected chi connectivity index (χ2v) is 17.6. The number of carbonyl (C=O) groups is 4. The van der Waals surface area contributed by atoms with Crippen molar-refractivity contribution in [2.75, 3.05) is 20.2 Å². The number of nitrogens with one attached hydrogen (secondary N) is 3. The molecule has 302 valence electrons. The Bertz CT molecular complexity index is 1780. The van der Waals surface area contributed by atoms with Crippen molar-refractivity contribution >= 4 is 46.7 Å². The number of methoxy groups -OCH3 is 1. The highest BCUT2D eigenvalue weighted by Gasteiger charge is 2.61. The molecule has 1 saturated heterocycles. The summed E-state index contributed by atoms with van der Waals surface area (Å²) in [7, 11) is 1.34. The molecule has 15 heteroatoms. The third kappa shape index (κ3) is 10.7. The van der Waals surface area contributed by atoms with Crippen LogP contribution in [0.5, 0.6) is 17.4 Å². The van der Waals surface area contributed by atoms with Gasteiger partial charge in [0.25, 0.3) is 5.91 Å². The number of fused-ring (bicyclic) bond motifs is 1. The molecule has 2 saturated carbocycles. The monoisotopic (exact) mass is 785 g/mol. The van der Waals surface area contributed by atoms with Crippen LogP contribution in [0.4, 0.5) is 9.18 Å². The summed E-state index contributed by atoms with van der Waals surface area (Å²) < 4.78 is 40.8. The summed E-state index contributed by atoms with van der Waals surface area (Å²) in [5, 5.41) is 5.98. The van der Waals surface area contributed by atoms with E-state index in [0.29, 0.717) is 17.6 Å². The second-order valence-electron chi connectivity index (χ2n) is 16.2.